The minimum atomic E-state index is 0.549. The van der Waals surface area contributed by atoms with Crippen LogP contribution < -0.4 is 10.6 Å². The number of thiocarbonyl (C=S) groups is 1. The molecule has 0 spiro atoms. The average molecular weight is 305 g/mol. The first-order valence-corrected chi connectivity index (χ1v) is 8.83. The molecule has 1 saturated carbocycles. The molecule has 1 aromatic carbocycles. The quantitative estimate of drug-likeness (QED) is 0.616. The second kappa shape index (κ2) is 8.38. The van der Waals surface area contributed by atoms with Crippen LogP contribution in [-0.2, 0) is 12.8 Å². The van der Waals surface area contributed by atoms with Crippen LogP contribution in [0.2, 0.25) is 0 Å². The van der Waals surface area contributed by atoms with Crippen LogP contribution in [0.3, 0.4) is 0 Å². The molecule has 1 aliphatic carbocycles. The summed E-state index contributed by atoms with van der Waals surface area (Å²) in [4.78, 5) is 0. The van der Waals surface area contributed by atoms with Gasteiger partial charge in [0.1, 0.15) is 0 Å². The number of anilines is 1. The molecule has 116 valence electrons. The highest BCUT2D eigenvalue weighted by Crippen LogP contribution is 2.20. The summed E-state index contributed by atoms with van der Waals surface area (Å²) in [5.41, 5.74) is 3.89. The van der Waals surface area contributed by atoms with Gasteiger partial charge in [-0.2, -0.15) is 0 Å². The highest BCUT2D eigenvalue weighted by Gasteiger charge is 2.13. The van der Waals surface area contributed by atoms with Crippen LogP contribution in [0.15, 0.2) is 18.2 Å². The van der Waals surface area contributed by atoms with Crippen molar-refractivity contribution in [1.82, 2.24) is 5.32 Å². The first kappa shape index (κ1) is 16.3. The lowest BCUT2D eigenvalue weighted by molar-refractivity contribution is 0.535. The highest BCUT2D eigenvalue weighted by atomic mass is 32.1. The van der Waals surface area contributed by atoms with Gasteiger partial charge in [-0.05, 0) is 55.1 Å². The number of hydrogen-bond acceptors (Lipinski definition) is 1. The van der Waals surface area contributed by atoms with E-state index in [2.05, 4.69) is 42.7 Å². The van der Waals surface area contributed by atoms with Crippen molar-refractivity contribution in [2.75, 3.05) is 5.32 Å². The van der Waals surface area contributed by atoms with Gasteiger partial charge in [0.15, 0.2) is 5.11 Å². The van der Waals surface area contributed by atoms with Gasteiger partial charge < -0.3 is 10.6 Å². The van der Waals surface area contributed by atoms with E-state index in [-0.39, 0.29) is 0 Å². The summed E-state index contributed by atoms with van der Waals surface area (Å²) < 4.78 is 0. The van der Waals surface area contributed by atoms with Gasteiger partial charge in [-0.1, -0.05) is 51.7 Å². The van der Waals surface area contributed by atoms with Gasteiger partial charge in [0.2, 0.25) is 0 Å². The molecule has 1 aromatic rings. The smallest absolute Gasteiger partial charge is 0.171 e. The summed E-state index contributed by atoms with van der Waals surface area (Å²) >= 11 is 5.51. The van der Waals surface area contributed by atoms with Crippen LogP contribution in [0.4, 0.5) is 5.69 Å². The van der Waals surface area contributed by atoms with Gasteiger partial charge in [-0.3, -0.25) is 0 Å². The van der Waals surface area contributed by atoms with Crippen LogP contribution in [0, 0.1) is 0 Å². The normalized spacial score (nSPS) is 16.3. The molecule has 0 aromatic heterocycles. The van der Waals surface area contributed by atoms with E-state index in [4.69, 9.17) is 12.2 Å². The Balaban J connectivity index is 1.95. The molecule has 21 heavy (non-hydrogen) atoms. The number of benzene rings is 1. The molecule has 1 fully saturated rings. The second-order valence-corrected chi connectivity index (χ2v) is 6.39. The Morgan fingerprint density at radius 3 is 2.43 bits per heavy atom. The van der Waals surface area contributed by atoms with Crippen LogP contribution in [0.1, 0.15) is 63.5 Å². The van der Waals surface area contributed by atoms with Crippen molar-refractivity contribution in [2.45, 2.75) is 71.3 Å². The summed E-state index contributed by atoms with van der Waals surface area (Å²) in [5, 5.41) is 7.69. The fourth-order valence-corrected chi connectivity index (χ4v) is 3.33. The van der Waals surface area contributed by atoms with Crippen LogP contribution in [0.25, 0.3) is 0 Å². The third kappa shape index (κ3) is 4.99. The lowest BCUT2D eigenvalue weighted by Gasteiger charge is -2.20. The third-order valence-electron chi connectivity index (χ3n) is 4.40. The SMILES string of the molecule is CCc1ccc(NC(=S)NC2CCCCCC2)c(CC)c1. The van der Waals surface area contributed by atoms with Crippen molar-refractivity contribution in [1.29, 1.82) is 0 Å². The van der Waals surface area contributed by atoms with Crippen molar-refractivity contribution in [3.63, 3.8) is 0 Å². The first-order valence-electron chi connectivity index (χ1n) is 8.42. The zero-order chi connectivity index (χ0) is 15.1. The van der Waals surface area contributed by atoms with Crippen molar-refractivity contribution in [3.05, 3.63) is 29.3 Å². The molecule has 0 atom stereocenters. The monoisotopic (exact) mass is 304 g/mol. The molecular weight excluding hydrogens is 276 g/mol. The van der Waals surface area contributed by atoms with E-state index in [0.29, 0.717) is 6.04 Å². The van der Waals surface area contributed by atoms with Crippen molar-refractivity contribution in [3.8, 4) is 0 Å². The number of nitrogens with one attached hydrogen (secondary N) is 2. The van der Waals surface area contributed by atoms with Crippen LogP contribution >= 0.6 is 12.2 Å². The molecule has 3 heteroatoms. The molecule has 1 aliphatic rings. The average Bonchev–Trinajstić information content (AvgIpc) is 2.76. The fraction of sp³-hybridized carbons (Fsp3) is 0.611. The topological polar surface area (TPSA) is 24.1 Å². The van der Waals surface area contributed by atoms with Gasteiger partial charge in [-0.15, -0.1) is 0 Å². The zero-order valence-corrected chi connectivity index (χ0v) is 14.2. The Bertz CT molecular complexity index is 462. The number of aryl methyl sites for hydroxylation is 2. The maximum Gasteiger partial charge on any atom is 0.171 e. The molecule has 0 radical (unpaired) electrons. The molecule has 0 saturated heterocycles. The second-order valence-electron chi connectivity index (χ2n) is 5.99. The van der Waals surface area contributed by atoms with Gasteiger partial charge in [0, 0.05) is 11.7 Å². The molecule has 2 nitrogen and oxygen atoms in total. The molecule has 0 unspecified atom stereocenters. The molecule has 0 aliphatic heterocycles. The maximum atomic E-state index is 5.51. The van der Waals surface area contributed by atoms with Crippen LogP contribution in [-0.4, -0.2) is 11.2 Å². The van der Waals surface area contributed by atoms with E-state index in [0.717, 1.165) is 23.6 Å². The molecule has 0 amide bonds. The van der Waals surface area contributed by atoms with E-state index in [1.54, 1.807) is 0 Å². The zero-order valence-electron chi connectivity index (χ0n) is 13.4. The molecule has 2 rings (SSSR count). The van der Waals surface area contributed by atoms with E-state index in [9.17, 15) is 0 Å². The van der Waals surface area contributed by atoms with E-state index < -0.39 is 0 Å². The lowest BCUT2D eigenvalue weighted by Crippen LogP contribution is -2.37. The largest absolute Gasteiger partial charge is 0.360 e. The highest BCUT2D eigenvalue weighted by molar-refractivity contribution is 7.80. The van der Waals surface area contributed by atoms with Gasteiger partial charge in [0.05, 0.1) is 0 Å². The van der Waals surface area contributed by atoms with Crippen molar-refractivity contribution < 1.29 is 0 Å². The Kier molecular flexibility index (Phi) is 6.50. The minimum Gasteiger partial charge on any atom is -0.360 e. The van der Waals surface area contributed by atoms with E-state index in [1.807, 2.05) is 0 Å². The van der Waals surface area contributed by atoms with Gasteiger partial charge >= 0.3 is 0 Å². The summed E-state index contributed by atoms with van der Waals surface area (Å²) in [6, 6.07) is 7.19. The number of hydrogen-bond donors (Lipinski definition) is 2. The van der Waals surface area contributed by atoms with Gasteiger partial charge in [-0.25, -0.2) is 0 Å². The first-order chi connectivity index (χ1) is 10.2. The summed E-state index contributed by atoms with van der Waals surface area (Å²) in [6.45, 7) is 4.39. The summed E-state index contributed by atoms with van der Waals surface area (Å²) in [6.07, 6.45) is 10.00. The summed E-state index contributed by atoms with van der Waals surface area (Å²) in [7, 11) is 0. The van der Waals surface area contributed by atoms with E-state index >= 15 is 0 Å². The maximum absolute atomic E-state index is 5.51. The predicted molar refractivity (Wildman–Crippen MR) is 96.0 cm³/mol. The van der Waals surface area contributed by atoms with Crippen molar-refractivity contribution in [2.24, 2.45) is 0 Å². The molecule has 0 bridgehead atoms. The molecule has 0 heterocycles. The predicted octanol–water partition coefficient (Wildman–Crippen LogP) is 4.82. The van der Waals surface area contributed by atoms with Gasteiger partial charge in [0.25, 0.3) is 0 Å². The van der Waals surface area contributed by atoms with Crippen molar-refractivity contribution >= 4 is 23.0 Å². The minimum absolute atomic E-state index is 0.549. The van der Waals surface area contributed by atoms with Crippen LogP contribution in [0.5, 0.6) is 0 Å². The third-order valence-corrected chi connectivity index (χ3v) is 4.62. The lowest BCUT2D eigenvalue weighted by atomic mass is 10.0. The Morgan fingerprint density at radius 1 is 1.10 bits per heavy atom. The summed E-state index contributed by atoms with van der Waals surface area (Å²) in [5.74, 6) is 0. The Morgan fingerprint density at radius 2 is 1.81 bits per heavy atom. The Hall–Kier alpha value is -1.09. The standard InChI is InChI=1S/C18H28N2S/c1-3-14-11-12-17(15(4-2)13-14)20-18(21)19-16-9-7-5-6-8-10-16/h11-13,16H,3-10H2,1-2H3,(H2,19,20,21). The molecule has 2 N–H and O–H groups in total. The fourth-order valence-electron chi connectivity index (χ4n) is 3.05. The van der Waals surface area contributed by atoms with E-state index in [1.165, 1.54) is 49.7 Å². The molecular formula is C18H28N2S. The Labute approximate surface area is 134 Å². The number of rotatable bonds is 4.